The van der Waals surface area contributed by atoms with Gasteiger partial charge in [0.25, 0.3) is 0 Å². The van der Waals surface area contributed by atoms with Crippen molar-refractivity contribution in [3.05, 3.63) is 54.2 Å². The molecule has 9 nitrogen and oxygen atoms in total. The van der Waals surface area contributed by atoms with Gasteiger partial charge in [0.2, 0.25) is 5.95 Å². The lowest BCUT2D eigenvalue weighted by Crippen LogP contribution is -2.35. The molecule has 0 spiro atoms. The number of hydrogen-bond acceptors (Lipinski definition) is 10. The normalized spacial score (nSPS) is 21.9. The summed E-state index contributed by atoms with van der Waals surface area (Å²) in [5.74, 6) is 1.22. The fourth-order valence-corrected chi connectivity index (χ4v) is 5.46. The number of methoxy groups -OCH3 is 1. The highest BCUT2D eigenvalue weighted by atomic mass is 32.1. The van der Waals surface area contributed by atoms with Crippen LogP contribution in [0.15, 0.2) is 48.5 Å². The minimum Gasteiger partial charge on any atom is -0.497 e. The SMILES string of the molecule is COc1ccc(Nc2nc(C)c(-c3nc4ccccc4s3)c(NC3CC(CO)C(O)C3O)n2)cc1. The number of nitrogens with zero attached hydrogens (tertiary/aromatic N) is 3. The van der Waals surface area contributed by atoms with E-state index >= 15 is 0 Å². The zero-order valence-corrected chi connectivity index (χ0v) is 20.2. The fraction of sp³-hybridized carbons (Fsp3) is 0.320. The molecule has 182 valence electrons. The van der Waals surface area contributed by atoms with Gasteiger partial charge in [-0.25, -0.2) is 9.97 Å². The molecule has 1 fully saturated rings. The quantitative estimate of drug-likeness (QED) is 0.263. The molecule has 0 amide bonds. The number of thiazole rings is 1. The number of anilines is 3. The molecule has 10 heteroatoms. The third-order valence-electron chi connectivity index (χ3n) is 6.30. The molecule has 0 saturated heterocycles. The maximum Gasteiger partial charge on any atom is 0.229 e. The second kappa shape index (κ2) is 9.74. The monoisotopic (exact) mass is 493 g/mol. The van der Waals surface area contributed by atoms with Gasteiger partial charge in [-0.15, -0.1) is 11.3 Å². The number of aliphatic hydroxyl groups excluding tert-OH is 3. The maximum atomic E-state index is 10.6. The van der Waals surface area contributed by atoms with E-state index in [1.807, 2.05) is 55.5 Å². The minimum atomic E-state index is -1.04. The molecule has 35 heavy (non-hydrogen) atoms. The van der Waals surface area contributed by atoms with Crippen molar-refractivity contribution in [1.29, 1.82) is 0 Å². The highest BCUT2D eigenvalue weighted by Gasteiger charge is 2.41. The van der Waals surface area contributed by atoms with Gasteiger partial charge >= 0.3 is 0 Å². The Morgan fingerprint density at radius 2 is 1.80 bits per heavy atom. The van der Waals surface area contributed by atoms with E-state index < -0.39 is 24.2 Å². The first-order valence-electron chi connectivity index (χ1n) is 11.4. The first-order valence-corrected chi connectivity index (χ1v) is 12.2. The number of benzene rings is 2. The van der Waals surface area contributed by atoms with Crippen LogP contribution in [0, 0.1) is 12.8 Å². The molecule has 1 aliphatic rings. The molecule has 5 rings (SSSR count). The Labute approximate surface area is 206 Å². The van der Waals surface area contributed by atoms with Crippen LogP contribution in [0.4, 0.5) is 17.5 Å². The zero-order valence-electron chi connectivity index (χ0n) is 19.3. The average Bonchev–Trinajstić information content (AvgIpc) is 3.40. The van der Waals surface area contributed by atoms with Crippen LogP contribution < -0.4 is 15.4 Å². The van der Waals surface area contributed by atoms with E-state index in [4.69, 9.17) is 14.7 Å². The maximum absolute atomic E-state index is 10.6. The van der Waals surface area contributed by atoms with Crippen LogP contribution in [0.3, 0.4) is 0 Å². The van der Waals surface area contributed by atoms with E-state index in [0.717, 1.165) is 32.2 Å². The molecule has 1 saturated carbocycles. The lowest BCUT2D eigenvalue weighted by Gasteiger charge is -2.21. The summed E-state index contributed by atoms with van der Waals surface area (Å²) in [7, 11) is 1.61. The molecule has 1 aliphatic carbocycles. The van der Waals surface area contributed by atoms with Gasteiger partial charge < -0.3 is 30.7 Å². The standard InChI is InChI=1S/C25H27N5O4S/c1-13-20(24-29-17-5-3-4-6-19(17)35-24)23(28-18-11-14(12-31)21(32)22(18)33)30-25(26-13)27-15-7-9-16(34-2)10-8-15/h3-10,14,18,21-22,31-33H,11-12H2,1-2H3,(H2,26,27,28,30). The largest absolute Gasteiger partial charge is 0.497 e. The molecule has 2 aromatic carbocycles. The third-order valence-corrected chi connectivity index (χ3v) is 7.36. The number of fused-ring (bicyclic) bond motifs is 1. The lowest BCUT2D eigenvalue weighted by molar-refractivity contribution is 0.00446. The molecular weight excluding hydrogens is 466 g/mol. The van der Waals surface area contributed by atoms with Gasteiger partial charge in [-0.05, 0) is 49.7 Å². The summed E-state index contributed by atoms with van der Waals surface area (Å²) >= 11 is 1.54. The summed E-state index contributed by atoms with van der Waals surface area (Å²) in [5, 5.41) is 37.8. The van der Waals surface area contributed by atoms with E-state index in [0.29, 0.717) is 23.9 Å². The summed E-state index contributed by atoms with van der Waals surface area (Å²) in [6.07, 6.45) is -1.64. The van der Waals surface area contributed by atoms with Crippen LogP contribution in [-0.2, 0) is 0 Å². The van der Waals surface area contributed by atoms with E-state index in [1.165, 1.54) is 11.3 Å². The van der Waals surface area contributed by atoms with E-state index in [-0.39, 0.29) is 6.61 Å². The van der Waals surface area contributed by atoms with Crippen LogP contribution in [0.1, 0.15) is 12.1 Å². The molecule has 0 radical (unpaired) electrons. The number of rotatable bonds is 7. The van der Waals surface area contributed by atoms with Crippen molar-refractivity contribution in [2.24, 2.45) is 5.92 Å². The topological polar surface area (TPSA) is 133 Å². The van der Waals surface area contributed by atoms with Crippen LogP contribution in [-0.4, -0.2) is 62.2 Å². The van der Waals surface area contributed by atoms with Crippen LogP contribution >= 0.6 is 11.3 Å². The number of ether oxygens (including phenoxy) is 1. The van der Waals surface area contributed by atoms with E-state index in [9.17, 15) is 15.3 Å². The summed E-state index contributed by atoms with van der Waals surface area (Å²) in [6, 6.07) is 14.8. The Balaban J connectivity index is 1.54. The Morgan fingerprint density at radius 1 is 1.03 bits per heavy atom. The lowest BCUT2D eigenvalue weighted by atomic mass is 10.1. The third kappa shape index (κ3) is 4.65. The molecule has 5 N–H and O–H groups in total. The smallest absolute Gasteiger partial charge is 0.229 e. The predicted molar refractivity (Wildman–Crippen MR) is 136 cm³/mol. The fourth-order valence-electron chi connectivity index (χ4n) is 4.40. The first-order chi connectivity index (χ1) is 17.0. The number of hydrogen-bond donors (Lipinski definition) is 5. The molecule has 0 aliphatic heterocycles. The van der Waals surface area contributed by atoms with Crippen molar-refractivity contribution in [3.63, 3.8) is 0 Å². The molecule has 4 unspecified atom stereocenters. The van der Waals surface area contributed by atoms with E-state index in [2.05, 4.69) is 15.6 Å². The Bertz CT molecular complexity index is 1300. The Morgan fingerprint density at radius 3 is 2.49 bits per heavy atom. The summed E-state index contributed by atoms with van der Waals surface area (Å²) < 4.78 is 6.27. The summed E-state index contributed by atoms with van der Waals surface area (Å²) in [5.41, 5.74) is 3.13. The van der Waals surface area contributed by atoms with Crippen molar-refractivity contribution in [2.75, 3.05) is 24.4 Å². The first kappa shape index (κ1) is 23.4. The van der Waals surface area contributed by atoms with Gasteiger partial charge in [0, 0.05) is 18.2 Å². The van der Waals surface area contributed by atoms with Gasteiger partial charge in [-0.1, -0.05) is 12.1 Å². The van der Waals surface area contributed by atoms with Crippen molar-refractivity contribution in [2.45, 2.75) is 31.6 Å². The minimum absolute atomic E-state index is 0.200. The molecule has 2 aromatic heterocycles. The van der Waals surface area contributed by atoms with Crippen molar-refractivity contribution in [1.82, 2.24) is 15.0 Å². The molecule has 2 heterocycles. The number of nitrogens with one attached hydrogen (secondary N) is 2. The van der Waals surface area contributed by atoms with Crippen molar-refractivity contribution >= 4 is 39.0 Å². The van der Waals surface area contributed by atoms with Gasteiger partial charge in [-0.3, -0.25) is 0 Å². The predicted octanol–water partition coefficient (Wildman–Crippen LogP) is 3.33. The molecule has 0 bridgehead atoms. The van der Waals surface area contributed by atoms with Crippen LogP contribution in [0.5, 0.6) is 5.75 Å². The second-order valence-electron chi connectivity index (χ2n) is 8.61. The van der Waals surface area contributed by atoms with Crippen molar-refractivity contribution in [3.8, 4) is 16.3 Å². The zero-order chi connectivity index (χ0) is 24.5. The summed E-state index contributed by atoms with van der Waals surface area (Å²) in [4.78, 5) is 14.2. The Kier molecular flexibility index (Phi) is 6.52. The van der Waals surface area contributed by atoms with Gasteiger partial charge in [0.15, 0.2) is 0 Å². The average molecular weight is 494 g/mol. The van der Waals surface area contributed by atoms with Crippen LogP contribution in [0.2, 0.25) is 0 Å². The second-order valence-corrected chi connectivity index (χ2v) is 9.64. The summed E-state index contributed by atoms with van der Waals surface area (Å²) in [6.45, 7) is 1.69. The highest BCUT2D eigenvalue weighted by Crippen LogP contribution is 2.38. The highest BCUT2D eigenvalue weighted by molar-refractivity contribution is 7.21. The number of aromatic nitrogens is 3. The van der Waals surface area contributed by atoms with E-state index in [1.54, 1.807) is 7.11 Å². The Hall–Kier alpha value is -3.31. The number of para-hydroxylation sites is 1. The number of aryl methyl sites for hydroxylation is 1. The van der Waals surface area contributed by atoms with Gasteiger partial charge in [0.05, 0.1) is 40.7 Å². The van der Waals surface area contributed by atoms with Crippen molar-refractivity contribution < 1.29 is 20.1 Å². The number of aliphatic hydroxyl groups is 3. The van der Waals surface area contributed by atoms with Gasteiger partial charge in [-0.2, -0.15) is 4.98 Å². The molecule has 4 aromatic rings. The molecule has 4 atom stereocenters. The van der Waals surface area contributed by atoms with Gasteiger partial charge in [0.1, 0.15) is 22.7 Å². The molecular formula is C25H27N5O4S. The van der Waals surface area contributed by atoms with Crippen LogP contribution in [0.25, 0.3) is 20.8 Å².